The second kappa shape index (κ2) is 14.1. The Morgan fingerprint density at radius 3 is 2.26 bits per heavy atom. The van der Waals surface area contributed by atoms with Gasteiger partial charge in [-0.2, -0.15) is 0 Å². The van der Waals surface area contributed by atoms with E-state index < -0.39 is 24.2 Å². The van der Waals surface area contributed by atoms with Gasteiger partial charge in [-0.1, -0.05) is 42.5 Å². The Labute approximate surface area is 250 Å². The molecule has 3 unspecified atom stereocenters. The number of halogens is 1. The average Bonchev–Trinajstić information content (AvgIpc) is 2.97. The van der Waals surface area contributed by atoms with Crippen LogP contribution in [0.3, 0.4) is 0 Å². The molecule has 0 spiro atoms. The highest BCUT2D eigenvalue weighted by Gasteiger charge is 2.37. The van der Waals surface area contributed by atoms with Gasteiger partial charge in [0.2, 0.25) is 5.91 Å². The number of piperidine rings is 1. The number of nitrogens with one attached hydrogen (secondary N) is 1. The number of para-hydroxylation sites is 1. The molecule has 1 aliphatic heterocycles. The van der Waals surface area contributed by atoms with E-state index in [1.165, 1.54) is 30.9 Å². The summed E-state index contributed by atoms with van der Waals surface area (Å²) in [5, 5.41) is 13.2. The zero-order chi connectivity index (χ0) is 31.1. The Balaban J connectivity index is 1.59. The number of ketones is 1. The van der Waals surface area contributed by atoms with Crippen LogP contribution in [0.5, 0.6) is 0 Å². The monoisotopic (exact) mass is 588 g/mol. The number of nitrogens with zero attached hydrogens (tertiary/aromatic N) is 3. The number of hydrogen-bond donors (Lipinski definition) is 2. The van der Waals surface area contributed by atoms with Gasteiger partial charge in [0.1, 0.15) is 5.82 Å². The van der Waals surface area contributed by atoms with Crippen molar-refractivity contribution in [1.82, 2.24) is 10.2 Å². The summed E-state index contributed by atoms with van der Waals surface area (Å²) in [6.45, 7) is 5.40. The summed E-state index contributed by atoms with van der Waals surface area (Å²) in [5.41, 5.74) is 2.19. The molecule has 0 radical (unpaired) electrons. The fraction of sp³-hybridized carbons (Fsp3) is 0.333. The fourth-order valence-corrected chi connectivity index (χ4v) is 5.81. The van der Waals surface area contributed by atoms with Crippen LogP contribution in [0.25, 0.3) is 0 Å². The third-order valence-corrected chi connectivity index (χ3v) is 7.90. The number of imide groups is 1. The molecule has 1 aliphatic rings. The van der Waals surface area contributed by atoms with Crippen molar-refractivity contribution in [3.8, 4) is 0 Å². The molecule has 1 heterocycles. The van der Waals surface area contributed by atoms with Gasteiger partial charge >= 0.3 is 12.1 Å². The second-order valence-corrected chi connectivity index (χ2v) is 10.8. The highest BCUT2D eigenvalue weighted by molar-refractivity contribution is 6.13. The average molecular weight is 589 g/mol. The quantitative estimate of drug-likeness (QED) is 0.286. The number of amides is 4. The van der Waals surface area contributed by atoms with E-state index in [-0.39, 0.29) is 36.5 Å². The number of rotatable bonds is 9. The Morgan fingerprint density at radius 2 is 1.65 bits per heavy atom. The first-order chi connectivity index (χ1) is 20.6. The molecule has 3 aromatic carbocycles. The molecule has 4 amide bonds. The Bertz CT molecular complexity index is 1450. The summed E-state index contributed by atoms with van der Waals surface area (Å²) in [6, 6.07) is 20.9. The zero-order valence-electron chi connectivity index (χ0n) is 24.6. The minimum atomic E-state index is -1.19. The second-order valence-electron chi connectivity index (χ2n) is 10.8. The number of hydrogen-bond acceptors (Lipinski definition) is 5. The molecule has 2 N–H and O–H groups in total. The van der Waals surface area contributed by atoms with Crippen LogP contribution in [0.2, 0.25) is 0 Å². The van der Waals surface area contributed by atoms with Gasteiger partial charge < -0.3 is 10.4 Å². The van der Waals surface area contributed by atoms with Crippen LogP contribution in [-0.2, 0) is 4.79 Å². The topological polar surface area (TPSA) is 110 Å². The zero-order valence-corrected chi connectivity index (χ0v) is 24.6. The van der Waals surface area contributed by atoms with Crippen molar-refractivity contribution in [2.45, 2.75) is 58.2 Å². The van der Waals surface area contributed by atoms with Crippen molar-refractivity contribution in [1.29, 1.82) is 0 Å². The summed E-state index contributed by atoms with van der Waals surface area (Å²) >= 11 is 0. The molecule has 0 bridgehead atoms. The van der Waals surface area contributed by atoms with Gasteiger partial charge in [-0.05, 0) is 81.0 Å². The van der Waals surface area contributed by atoms with Crippen molar-refractivity contribution < 1.29 is 28.7 Å². The number of likely N-dealkylation sites (tertiary alicyclic amines) is 1. The van der Waals surface area contributed by atoms with E-state index in [0.29, 0.717) is 23.5 Å². The molecule has 9 nitrogen and oxygen atoms in total. The van der Waals surface area contributed by atoms with Crippen LogP contribution >= 0.6 is 0 Å². The maximum Gasteiger partial charge on any atom is 0.413 e. The predicted octanol–water partition coefficient (Wildman–Crippen LogP) is 6.26. The largest absolute Gasteiger partial charge is 0.465 e. The molecular weight excluding hydrogens is 551 g/mol. The summed E-state index contributed by atoms with van der Waals surface area (Å²) in [7, 11) is 0. The van der Waals surface area contributed by atoms with Gasteiger partial charge in [-0.3, -0.25) is 19.4 Å². The Kier molecular flexibility index (Phi) is 10.3. The van der Waals surface area contributed by atoms with Crippen LogP contribution in [-0.4, -0.2) is 59.1 Å². The lowest BCUT2D eigenvalue weighted by Crippen LogP contribution is -2.57. The lowest BCUT2D eigenvalue weighted by molar-refractivity contribution is -0.115. The standard InChI is InChI=1S/C33H37FN4O5/c1-22-20-27(25-12-14-28(34)15-13-25)17-19-36(22)31(38(33(42)43)30-11-7-8-26(21-30)23(2)39)16-18-35-32(41)37(24(3)40)29-9-5-4-6-10-29/h4-15,21-22,27,31H,16-20H2,1-3H3,(H,35,41)(H,42,43). The van der Waals surface area contributed by atoms with E-state index in [0.717, 1.165) is 23.3 Å². The SMILES string of the molecule is CC(=O)c1cccc(N(C(=O)O)C(CCNC(=O)N(C(C)=O)c2ccccc2)N2CCC(c3ccc(F)cc3)CC2C)c1. The van der Waals surface area contributed by atoms with Crippen molar-refractivity contribution >= 4 is 35.2 Å². The van der Waals surface area contributed by atoms with Crippen molar-refractivity contribution in [3.63, 3.8) is 0 Å². The summed E-state index contributed by atoms with van der Waals surface area (Å²) < 4.78 is 13.5. The summed E-state index contributed by atoms with van der Waals surface area (Å²) in [4.78, 5) is 54.7. The third kappa shape index (κ3) is 7.64. The molecule has 1 saturated heterocycles. The maximum atomic E-state index is 13.5. The number of carbonyl (C=O) groups is 4. The number of carbonyl (C=O) groups excluding carboxylic acids is 3. The molecule has 3 atom stereocenters. The van der Waals surface area contributed by atoms with E-state index in [1.54, 1.807) is 66.7 Å². The van der Waals surface area contributed by atoms with Gasteiger partial charge in [-0.15, -0.1) is 0 Å². The molecule has 0 saturated carbocycles. The number of urea groups is 1. The first-order valence-corrected chi connectivity index (χ1v) is 14.3. The normalized spacial score (nSPS) is 17.5. The lowest BCUT2D eigenvalue weighted by atomic mass is 9.85. The van der Waals surface area contributed by atoms with Crippen LogP contribution in [0, 0.1) is 5.82 Å². The van der Waals surface area contributed by atoms with Crippen molar-refractivity contribution in [3.05, 3.63) is 95.8 Å². The minimum absolute atomic E-state index is 0.0552. The minimum Gasteiger partial charge on any atom is -0.465 e. The fourth-order valence-electron chi connectivity index (χ4n) is 5.81. The summed E-state index contributed by atoms with van der Waals surface area (Å²) in [6.07, 6.45) is -0.215. The van der Waals surface area contributed by atoms with Crippen molar-refractivity contribution in [2.75, 3.05) is 22.9 Å². The van der Waals surface area contributed by atoms with Gasteiger partial charge in [0.05, 0.1) is 11.9 Å². The van der Waals surface area contributed by atoms with E-state index in [2.05, 4.69) is 10.2 Å². The highest BCUT2D eigenvalue weighted by atomic mass is 19.1. The highest BCUT2D eigenvalue weighted by Crippen LogP contribution is 2.35. The Morgan fingerprint density at radius 1 is 0.977 bits per heavy atom. The van der Waals surface area contributed by atoms with Crippen LogP contribution in [0.15, 0.2) is 78.9 Å². The molecule has 43 heavy (non-hydrogen) atoms. The van der Waals surface area contributed by atoms with Crippen molar-refractivity contribution in [2.24, 2.45) is 0 Å². The van der Waals surface area contributed by atoms with E-state index in [1.807, 2.05) is 6.92 Å². The van der Waals surface area contributed by atoms with E-state index in [9.17, 15) is 28.7 Å². The molecule has 4 rings (SSSR count). The lowest BCUT2D eigenvalue weighted by Gasteiger charge is -2.46. The van der Waals surface area contributed by atoms with E-state index in [4.69, 9.17) is 0 Å². The summed E-state index contributed by atoms with van der Waals surface area (Å²) in [5.74, 6) is -0.752. The van der Waals surface area contributed by atoms with Gasteiger partial charge in [0.15, 0.2) is 5.78 Å². The van der Waals surface area contributed by atoms with Crippen LogP contribution in [0.1, 0.15) is 61.9 Å². The Hall–Kier alpha value is -4.57. The van der Waals surface area contributed by atoms with E-state index >= 15 is 0 Å². The number of benzene rings is 3. The molecule has 226 valence electrons. The van der Waals surface area contributed by atoms with Crippen LogP contribution < -0.4 is 15.1 Å². The molecule has 0 aromatic heterocycles. The molecule has 0 aliphatic carbocycles. The number of Topliss-reactive ketones (excluding diaryl/α,β-unsaturated/α-hetero) is 1. The molecule has 10 heteroatoms. The predicted molar refractivity (Wildman–Crippen MR) is 163 cm³/mol. The smallest absolute Gasteiger partial charge is 0.413 e. The third-order valence-electron chi connectivity index (χ3n) is 7.90. The van der Waals surface area contributed by atoms with Gasteiger partial charge in [0.25, 0.3) is 0 Å². The van der Waals surface area contributed by atoms with Crippen LogP contribution in [0.4, 0.5) is 25.4 Å². The molecule has 3 aromatic rings. The molecular formula is C33H37FN4O5. The van der Waals surface area contributed by atoms with Gasteiger partial charge in [-0.25, -0.2) is 18.9 Å². The molecule has 1 fully saturated rings. The first-order valence-electron chi connectivity index (χ1n) is 14.3. The maximum absolute atomic E-state index is 13.5. The first kappa shape index (κ1) is 31.4. The van der Waals surface area contributed by atoms with Gasteiger partial charge in [0, 0.05) is 37.3 Å². The number of carboxylic acid groups (broad SMARTS) is 1. The number of anilines is 2.